The molecule has 1 N–H and O–H groups in total. The smallest absolute Gasteiger partial charge is 0.264 e. The van der Waals surface area contributed by atoms with Crippen LogP contribution in [0.25, 0.3) is 0 Å². The van der Waals surface area contributed by atoms with Crippen LogP contribution in [-0.4, -0.2) is 50.4 Å². The van der Waals surface area contributed by atoms with Crippen LogP contribution in [0.1, 0.15) is 38.8 Å². The first-order valence-corrected chi connectivity index (χ1v) is 14.9. The number of carbonyl (C=O) groups is 2. The second-order valence-corrected chi connectivity index (χ2v) is 12.0. The number of nitrogens with zero attached hydrogens (tertiary/aromatic N) is 2. The van der Waals surface area contributed by atoms with Crippen LogP contribution in [-0.2, 0) is 26.2 Å². The lowest BCUT2D eigenvalue weighted by Gasteiger charge is -2.32. The summed E-state index contributed by atoms with van der Waals surface area (Å²) in [7, 11) is -4.16. The van der Waals surface area contributed by atoms with E-state index >= 15 is 0 Å². The van der Waals surface area contributed by atoms with E-state index < -0.39 is 28.5 Å². The van der Waals surface area contributed by atoms with Gasteiger partial charge in [-0.3, -0.25) is 13.9 Å². The molecule has 0 spiro atoms. The molecule has 10 heteroatoms. The SMILES string of the molecule is CCOc1ccc(S(=O)(=O)N(CC(=O)N(Cc2cccc(Cl)c2)[C@@H](C)C(=O)NC(C)C)c2ccc(C)cc2)cc1. The highest BCUT2D eigenvalue weighted by Crippen LogP contribution is 2.26. The van der Waals surface area contributed by atoms with Gasteiger partial charge in [-0.15, -0.1) is 0 Å². The van der Waals surface area contributed by atoms with Crippen LogP contribution in [0.2, 0.25) is 5.02 Å². The number of anilines is 1. The third-order valence-corrected chi connectivity index (χ3v) is 8.19. The van der Waals surface area contributed by atoms with E-state index in [4.69, 9.17) is 16.3 Å². The lowest BCUT2D eigenvalue weighted by Crippen LogP contribution is -2.52. The predicted octanol–water partition coefficient (Wildman–Crippen LogP) is 5.18. The Labute approximate surface area is 241 Å². The lowest BCUT2D eigenvalue weighted by atomic mass is 10.1. The number of hydrogen-bond acceptors (Lipinski definition) is 5. The topological polar surface area (TPSA) is 96.0 Å². The fraction of sp³-hybridized carbons (Fsp3) is 0.333. The molecule has 0 aliphatic carbocycles. The van der Waals surface area contributed by atoms with E-state index in [-0.39, 0.29) is 23.4 Å². The quantitative estimate of drug-likeness (QED) is 0.316. The van der Waals surface area contributed by atoms with E-state index in [0.29, 0.717) is 28.6 Å². The Morgan fingerprint density at radius 3 is 2.20 bits per heavy atom. The monoisotopic (exact) mass is 585 g/mol. The van der Waals surface area contributed by atoms with Gasteiger partial charge >= 0.3 is 0 Å². The Hall–Kier alpha value is -3.56. The van der Waals surface area contributed by atoms with Crippen molar-refractivity contribution in [2.24, 2.45) is 0 Å². The molecule has 0 aliphatic heterocycles. The number of ether oxygens (including phenoxy) is 1. The number of halogens is 1. The van der Waals surface area contributed by atoms with Gasteiger partial charge in [0.15, 0.2) is 0 Å². The highest BCUT2D eigenvalue weighted by molar-refractivity contribution is 7.92. The molecule has 0 unspecified atom stereocenters. The molecule has 2 amide bonds. The van der Waals surface area contributed by atoms with Crippen molar-refractivity contribution in [1.82, 2.24) is 10.2 Å². The van der Waals surface area contributed by atoms with Crippen molar-refractivity contribution in [1.29, 1.82) is 0 Å². The van der Waals surface area contributed by atoms with Crippen molar-refractivity contribution >= 4 is 39.1 Å². The number of benzene rings is 3. The van der Waals surface area contributed by atoms with Crippen LogP contribution < -0.4 is 14.4 Å². The van der Waals surface area contributed by atoms with Crippen LogP contribution in [0.3, 0.4) is 0 Å². The predicted molar refractivity (Wildman–Crippen MR) is 158 cm³/mol. The van der Waals surface area contributed by atoms with Crippen LogP contribution in [0, 0.1) is 6.92 Å². The molecule has 1 atom stereocenters. The first-order valence-electron chi connectivity index (χ1n) is 13.1. The number of nitrogens with one attached hydrogen (secondary N) is 1. The molecule has 40 heavy (non-hydrogen) atoms. The minimum Gasteiger partial charge on any atom is -0.494 e. The number of hydrogen-bond donors (Lipinski definition) is 1. The Kier molecular flexibility index (Phi) is 10.6. The summed E-state index contributed by atoms with van der Waals surface area (Å²) in [4.78, 5) is 28.3. The molecule has 0 bridgehead atoms. The molecule has 0 saturated carbocycles. The average molecular weight is 586 g/mol. The van der Waals surface area contributed by atoms with Gasteiger partial charge < -0.3 is 15.0 Å². The van der Waals surface area contributed by atoms with Crippen molar-refractivity contribution in [2.45, 2.75) is 58.1 Å². The molecule has 0 fully saturated rings. The summed E-state index contributed by atoms with van der Waals surface area (Å²) < 4.78 is 34.4. The van der Waals surface area contributed by atoms with E-state index in [1.165, 1.54) is 17.0 Å². The average Bonchev–Trinajstić information content (AvgIpc) is 2.90. The molecule has 0 aliphatic rings. The maximum atomic E-state index is 13.9. The van der Waals surface area contributed by atoms with Crippen molar-refractivity contribution in [3.05, 3.63) is 88.9 Å². The number of rotatable bonds is 12. The summed E-state index contributed by atoms with van der Waals surface area (Å²) in [5.41, 5.74) is 1.98. The fourth-order valence-corrected chi connectivity index (χ4v) is 5.69. The van der Waals surface area contributed by atoms with E-state index in [0.717, 1.165) is 9.87 Å². The minimum absolute atomic E-state index is 0.0105. The normalized spacial score (nSPS) is 12.1. The van der Waals surface area contributed by atoms with Crippen LogP contribution in [0.4, 0.5) is 5.69 Å². The number of carbonyl (C=O) groups excluding carboxylic acids is 2. The molecular weight excluding hydrogens is 550 g/mol. The zero-order valence-electron chi connectivity index (χ0n) is 23.4. The van der Waals surface area contributed by atoms with E-state index in [2.05, 4.69) is 5.32 Å². The van der Waals surface area contributed by atoms with Gasteiger partial charge in [-0.2, -0.15) is 0 Å². The highest BCUT2D eigenvalue weighted by Gasteiger charge is 2.32. The summed E-state index contributed by atoms with van der Waals surface area (Å²) in [6.07, 6.45) is 0. The van der Waals surface area contributed by atoms with Gasteiger partial charge in [0.25, 0.3) is 10.0 Å². The van der Waals surface area contributed by atoms with Crippen molar-refractivity contribution in [3.8, 4) is 5.75 Å². The lowest BCUT2D eigenvalue weighted by molar-refractivity contribution is -0.139. The van der Waals surface area contributed by atoms with Crippen molar-refractivity contribution in [3.63, 3.8) is 0 Å². The third kappa shape index (κ3) is 7.99. The fourth-order valence-electron chi connectivity index (χ4n) is 4.06. The highest BCUT2D eigenvalue weighted by atomic mass is 35.5. The van der Waals surface area contributed by atoms with Gasteiger partial charge in [-0.05, 0) is 88.7 Å². The Bertz CT molecular complexity index is 1410. The van der Waals surface area contributed by atoms with Crippen molar-refractivity contribution in [2.75, 3.05) is 17.5 Å². The summed E-state index contributed by atoms with van der Waals surface area (Å²) in [6.45, 7) is 9.01. The minimum atomic E-state index is -4.16. The molecule has 3 rings (SSSR count). The van der Waals surface area contributed by atoms with Crippen molar-refractivity contribution < 1.29 is 22.7 Å². The zero-order valence-corrected chi connectivity index (χ0v) is 25.0. The summed E-state index contributed by atoms with van der Waals surface area (Å²) >= 11 is 6.18. The Morgan fingerprint density at radius 2 is 1.62 bits per heavy atom. The van der Waals surface area contributed by atoms with Gasteiger partial charge in [0.05, 0.1) is 17.2 Å². The molecule has 214 valence electrons. The second-order valence-electron chi connectivity index (χ2n) is 9.74. The third-order valence-electron chi connectivity index (χ3n) is 6.16. The summed E-state index contributed by atoms with van der Waals surface area (Å²) in [5, 5.41) is 3.32. The van der Waals surface area contributed by atoms with E-state index in [1.54, 1.807) is 67.6 Å². The molecule has 0 saturated heterocycles. The van der Waals surface area contributed by atoms with Gasteiger partial charge in [-0.1, -0.05) is 41.4 Å². The number of sulfonamides is 1. The molecule has 3 aromatic carbocycles. The second kappa shape index (κ2) is 13.7. The first-order chi connectivity index (χ1) is 18.9. The molecule has 0 radical (unpaired) electrons. The largest absolute Gasteiger partial charge is 0.494 e. The molecular formula is C30H36ClN3O5S. The summed E-state index contributed by atoms with van der Waals surface area (Å²) in [6, 6.07) is 18.9. The number of aryl methyl sites for hydroxylation is 1. The Morgan fingerprint density at radius 1 is 0.975 bits per heavy atom. The van der Waals surface area contributed by atoms with Gasteiger partial charge in [0.1, 0.15) is 18.3 Å². The Balaban J connectivity index is 2.02. The van der Waals surface area contributed by atoms with E-state index in [1.807, 2.05) is 27.7 Å². The molecule has 0 aromatic heterocycles. The van der Waals surface area contributed by atoms with Crippen LogP contribution in [0.15, 0.2) is 77.7 Å². The van der Waals surface area contributed by atoms with Crippen LogP contribution in [0.5, 0.6) is 5.75 Å². The number of amides is 2. The molecule has 3 aromatic rings. The molecule has 0 heterocycles. The first kappa shape index (κ1) is 31.0. The maximum absolute atomic E-state index is 13.9. The van der Waals surface area contributed by atoms with Gasteiger partial charge in [-0.25, -0.2) is 8.42 Å². The maximum Gasteiger partial charge on any atom is 0.264 e. The van der Waals surface area contributed by atoms with Gasteiger partial charge in [0.2, 0.25) is 11.8 Å². The van der Waals surface area contributed by atoms with Gasteiger partial charge in [0, 0.05) is 17.6 Å². The zero-order chi connectivity index (χ0) is 29.4. The van der Waals surface area contributed by atoms with E-state index in [9.17, 15) is 18.0 Å². The standard InChI is InChI=1S/C30H36ClN3O5S/c1-6-39-27-14-16-28(17-15-27)40(37,38)34(26-12-10-22(4)11-13-26)20-29(35)33(23(5)30(36)32-21(2)3)19-24-8-7-9-25(31)18-24/h7-18,21,23H,6,19-20H2,1-5H3,(H,32,36)/t23-/m0/s1. The summed E-state index contributed by atoms with van der Waals surface area (Å²) in [5.74, 6) is -0.347. The van der Waals surface area contributed by atoms with Crippen LogP contribution >= 0.6 is 11.6 Å². The molecule has 8 nitrogen and oxygen atoms in total.